The van der Waals surface area contributed by atoms with E-state index in [-0.39, 0.29) is 0 Å². The molecular weight excluding hydrogens is 304 g/mol. The molecule has 0 radical (unpaired) electrons. The van der Waals surface area contributed by atoms with Crippen LogP contribution in [0.1, 0.15) is 0 Å². The molecule has 2 N–H and O–H groups in total. The van der Waals surface area contributed by atoms with Gasteiger partial charge in [-0.05, 0) is 28.1 Å². The molecule has 0 amide bonds. The van der Waals surface area contributed by atoms with Gasteiger partial charge in [-0.25, -0.2) is 0 Å². The van der Waals surface area contributed by atoms with Crippen LogP contribution < -0.4 is 15.1 Å². The van der Waals surface area contributed by atoms with Crippen molar-refractivity contribution in [3.63, 3.8) is 0 Å². The molecule has 0 atom stereocenters. The van der Waals surface area contributed by atoms with Gasteiger partial charge in [-0.3, -0.25) is 5.41 Å². The highest BCUT2D eigenvalue weighted by molar-refractivity contribution is 9.10. The summed E-state index contributed by atoms with van der Waals surface area (Å²) in [4.78, 5) is 3.84. The SMILES string of the molecule is CN(C)c1ccc(Br)c(N2CCNC2=N)c1Cl. The number of nitrogens with one attached hydrogen (secondary N) is 2. The van der Waals surface area contributed by atoms with E-state index in [0.717, 1.165) is 28.9 Å². The predicted molar refractivity (Wildman–Crippen MR) is 76.6 cm³/mol. The van der Waals surface area contributed by atoms with E-state index >= 15 is 0 Å². The summed E-state index contributed by atoms with van der Waals surface area (Å²) in [5.41, 5.74) is 1.80. The summed E-state index contributed by atoms with van der Waals surface area (Å²) in [6.07, 6.45) is 0. The topological polar surface area (TPSA) is 42.4 Å². The highest BCUT2D eigenvalue weighted by Crippen LogP contribution is 2.40. The van der Waals surface area contributed by atoms with Gasteiger partial charge in [-0.15, -0.1) is 0 Å². The summed E-state index contributed by atoms with van der Waals surface area (Å²) in [5, 5.41) is 11.5. The number of benzene rings is 1. The molecule has 2 rings (SSSR count). The maximum Gasteiger partial charge on any atom is 0.195 e. The number of guanidine groups is 1. The third-order valence-electron chi connectivity index (χ3n) is 2.70. The molecule has 1 aliphatic heterocycles. The minimum Gasteiger partial charge on any atom is -0.376 e. The monoisotopic (exact) mass is 316 g/mol. The molecule has 1 aliphatic rings. The van der Waals surface area contributed by atoms with Gasteiger partial charge in [0.2, 0.25) is 0 Å². The molecule has 0 saturated carbocycles. The van der Waals surface area contributed by atoms with Gasteiger partial charge in [0.15, 0.2) is 5.96 Å². The van der Waals surface area contributed by atoms with Gasteiger partial charge in [-0.2, -0.15) is 0 Å². The predicted octanol–water partition coefficient (Wildman–Crippen LogP) is 2.51. The highest BCUT2D eigenvalue weighted by Gasteiger charge is 2.24. The lowest BCUT2D eigenvalue weighted by Crippen LogP contribution is -2.29. The molecule has 1 heterocycles. The minimum atomic E-state index is 0.392. The largest absolute Gasteiger partial charge is 0.376 e. The van der Waals surface area contributed by atoms with Gasteiger partial charge < -0.3 is 15.1 Å². The summed E-state index contributed by atoms with van der Waals surface area (Å²) < 4.78 is 0.904. The second-order valence-electron chi connectivity index (χ2n) is 4.05. The first-order valence-corrected chi connectivity index (χ1v) is 6.44. The summed E-state index contributed by atoms with van der Waals surface area (Å²) >= 11 is 9.92. The van der Waals surface area contributed by atoms with Gasteiger partial charge in [0.05, 0.1) is 16.4 Å². The van der Waals surface area contributed by atoms with Gasteiger partial charge in [0.25, 0.3) is 0 Å². The normalized spacial score (nSPS) is 15.1. The van der Waals surface area contributed by atoms with Crippen LogP contribution in [-0.4, -0.2) is 33.1 Å². The zero-order chi connectivity index (χ0) is 12.6. The second-order valence-corrected chi connectivity index (χ2v) is 5.28. The van der Waals surface area contributed by atoms with Gasteiger partial charge in [0, 0.05) is 31.7 Å². The van der Waals surface area contributed by atoms with E-state index in [1.54, 1.807) is 0 Å². The van der Waals surface area contributed by atoms with Crippen LogP contribution in [0.5, 0.6) is 0 Å². The van der Waals surface area contributed by atoms with Crippen LogP contribution in [0.3, 0.4) is 0 Å². The van der Waals surface area contributed by atoms with E-state index in [9.17, 15) is 0 Å². The Bertz CT molecular complexity index is 461. The van der Waals surface area contributed by atoms with E-state index in [0.29, 0.717) is 11.0 Å². The molecule has 1 aromatic carbocycles. The van der Waals surface area contributed by atoms with Gasteiger partial charge in [-0.1, -0.05) is 11.6 Å². The first-order chi connectivity index (χ1) is 8.02. The van der Waals surface area contributed by atoms with Crippen LogP contribution in [0.25, 0.3) is 0 Å². The Kier molecular flexibility index (Phi) is 3.49. The first kappa shape index (κ1) is 12.5. The standard InChI is InChI=1S/C11H14BrClN4/c1-16(2)8-4-3-7(12)10(9(8)13)17-6-5-15-11(17)14/h3-4H,5-6H2,1-2H3,(H2,14,15). The molecular formula is C11H14BrClN4. The average molecular weight is 318 g/mol. The number of anilines is 2. The molecule has 17 heavy (non-hydrogen) atoms. The van der Waals surface area contributed by atoms with Crippen molar-refractivity contribution < 1.29 is 0 Å². The van der Waals surface area contributed by atoms with Crippen LogP contribution in [0, 0.1) is 5.41 Å². The fraction of sp³-hybridized carbons (Fsp3) is 0.364. The highest BCUT2D eigenvalue weighted by atomic mass is 79.9. The second kappa shape index (κ2) is 4.74. The van der Waals surface area contributed by atoms with Crippen molar-refractivity contribution in [2.45, 2.75) is 0 Å². The summed E-state index contributed by atoms with van der Waals surface area (Å²) in [5.74, 6) is 0.392. The Morgan fingerprint density at radius 3 is 2.71 bits per heavy atom. The number of nitrogens with zero attached hydrogens (tertiary/aromatic N) is 2. The molecule has 0 bridgehead atoms. The fourth-order valence-corrected chi connectivity index (χ4v) is 2.93. The molecule has 92 valence electrons. The zero-order valence-corrected chi connectivity index (χ0v) is 12.1. The number of halogens is 2. The Balaban J connectivity index is 2.52. The van der Waals surface area contributed by atoms with E-state index < -0.39 is 0 Å². The molecule has 0 unspecified atom stereocenters. The quantitative estimate of drug-likeness (QED) is 0.881. The molecule has 6 heteroatoms. The lowest BCUT2D eigenvalue weighted by atomic mass is 10.2. The zero-order valence-electron chi connectivity index (χ0n) is 9.72. The Labute approximate surface area is 114 Å². The Morgan fingerprint density at radius 1 is 1.47 bits per heavy atom. The molecule has 0 spiro atoms. The van der Waals surface area contributed by atoms with Crippen molar-refractivity contribution in [1.29, 1.82) is 5.41 Å². The smallest absolute Gasteiger partial charge is 0.195 e. The molecule has 1 fully saturated rings. The molecule has 0 aliphatic carbocycles. The summed E-state index contributed by atoms with van der Waals surface area (Å²) in [6, 6.07) is 3.92. The average Bonchev–Trinajstić information content (AvgIpc) is 2.64. The van der Waals surface area contributed by atoms with Crippen LogP contribution in [-0.2, 0) is 0 Å². The van der Waals surface area contributed by atoms with E-state index in [2.05, 4.69) is 21.2 Å². The number of hydrogen-bond donors (Lipinski definition) is 2. The Hall–Kier alpha value is -0.940. The van der Waals surface area contributed by atoms with E-state index in [4.69, 9.17) is 17.0 Å². The van der Waals surface area contributed by atoms with Crippen molar-refractivity contribution >= 4 is 44.9 Å². The van der Waals surface area contributed by atoms with Crippen LogP contribution in [0.2, 0.25) is 5.02 Å². The first-order valence-electron chi connectivity index (χ1n) is 5.27. The summed E-state index contributed by atoms with van der Waals surface area (Å²) in [7, 11) is 3.90. The molecule has 0 aromatic heterocycles. The van der Waals surface area contributed by atoms with Crippen molar-refractivity contribution in [3.05, 3.63) is 21.6 Å². The lowest BCUT2D eigenvalue weighted by Gasteiger charge is -2.23. The van der Waals surface area contributed by atoms with Gasteiger partial charge in [0.1, 0.15) is 0 Å². The van der Waals surface area contributed by atoms with Crippen LogP contribution >= 0.6 is 27.5 Å². The number of hydrogen-bond acceptors (Lipinski definition) is 2. The maximum atomic E-state index is 7.84. The third kappa shape index (κ3) is 2.21. The van der Waals surface area contributed by atoms with Crippen molar-refractivity contribution in [3.8, 4) is 0 Å². The van der Waals surface area contributed by atoms with Crippen molar-refractivity contribution in [2.24, 2.45) is 0 Å². The van der Waals surface area contributed by atoms with Crippen LogP contribution in [0.15, 0.2) is 16.6 Å². The van der Waals surface area contributed by atoms with E-state index in [1.165, 1.54) is 0 Å². The molecule has 4 nitrogen and oxygen atoms in total. The fourth-order valence-electron chi connectivity index (χ4n) is 1.84. The van der Waals surface area contributed by atoms with Crippen molar-refractivity contribution in [2.75, 3.05) is 37.0 Å². The minimum absolute atomic E-state index is 0.392. The van der Waals surface area contributed by atoms with Gasteiger partial charge >= 0.3 is 0 Å². The number of rotatable bonds is 2. The van der Waals surface area contributed by atoms with Crippen molar-refractivity contribution in [1.82, 2.24) is 5.32 Å². The lowest BCUT2D eigenvalue weighted by molar-refractivity contribution is 0.972. The Morgan fingerprint density at radius 2 is 2.18 bits per heavy atom. The molecule has 1 aromatic rings. The van der Waals surface area contributed by atoms with Crippen LogP contribution in [0.4, 0.5) is 11.4 Å². The van der Waals surface area contributed by atoms with E-state index in [1.807, 2.05) is 36.0 Å². The molecule has 1 saturated heterocycles. The maximum absolute atomic E-state index is 7.84. The summed E-state index contributed by atoms with van der Waals surface area (Å²) in [6.45, 7) is 1.53. The third-order valence-corrected chi connectivity index (χ3v) is 3.71.